The lowest BCUT2D eigenvalue weighted by molar-refractivity contribution is 0.0984. The van der Waals surface area contributed by atoms with E-state index in [1.807, 2.05) is 0 Å². The van der Waals surface area contributed by atoms with E-state index in [9.17, 15) is 28.3 Å². The summed E-state index contributed by atoms with van der Waals surface area (Å²) in [6.45, 7) is 1.67. The summed E-state index contributed by atoms with van der Waals surface area (Å²) in [6.07, 6.45) is 1.22. The molecule has 130 valence electrons. The summed E-state index contributed by atoms with van der Waals surface area (Å²) in [7, 11) is -4.73. The molecule has 0 spiro atoms. The van der Waals surface area contributed by atoms with Crippen molar-refractivity contribution in [2.75, 3.05) is 0 Å². The first-order valence-electron chi connectivity index (χ1n) is 7.12. The number of hydrogen-bond donors (Lipinski definition) is 2. The van der Waals surface area contributed by atoms with Crippen molar-refractivity contribution >= 4 is 41.6 Å². The molecule has 3 aromatic rings. The molecule has 0 aliphatic rings. The van der Waals surface area contributed by atoms with E-state index in [1.54, 1.807) is 6.92 Å². The van der Waals surface area contributed by atoms with Crippen molar-refractivity contribution in [3.63, 3.8) is 0 Å². The fraction of sp³-hybridized carbons (Fsp3) is 0.133. The number of aromatic nitrogens is 2. The van der Waals surface area contributed by atoms with Gasteiger partial charge in [0.25, 0.3) is 0 Å². The van der Waals surface area contributed by atoms with Gasteiger partial charge in [0.1, 0.15) is 11.5 Å². The lowest BCUT2D eigenvalue weighted by Crippen LogP contribution is -2.03. The van der Waals surface area contributed by atoms with Gasteiger partial charge < -0.3 is 9.79 Å². The van der Waals surface area contributed by atoms with Gasteiger partial charge in [0, 0.05) is 23.4 Å². The molecule has 0 atom stereocenters. The van der Waals surface area contributed by atoms with Gasteiger partial charge in [-0.15, -0.1) is 11.3 Å². The second-order valence-electron chi connectivity index (χ2n) is 5.21. The van der Waals surface area contributed by atoms with Gasteiger partial charge >= 0.3 is 7.75 Å². The van der Waals surface area contributed by atoms with Crippen LogP contribution < -0.4 is 0 Å². The normalized spacial score (nSPS) is 11.8. The summed E-state index contributed by atoms with van der Waals surface area (Å²) in [5.74, 6) is -1.51. The number of rotatable bonds is 5. The Kier molecular flexibility index (Phi) is 4.42. The van der Waals surface area contributed by atoms with Crippen molar-refractivity contribution < 1.29 is 28.3 Å². The Morgan fingerprint density at radius 1 is 1.36 bits per heavy atom. The number of thiazole rings is 1. The van der Waals surface area contributed by atoms with Crippen LogP contribution in [0.15, 0.2) is 29.8 Å². The molecule has 25 heavy (non-hydrogen) atoms. The monoisotopic (exact) mass is 382 g/mol. The first kappa shape index (κ1) is 17.6. The minimum Gasteiger partial charge on any atom is -0.308 e. The topological polar surface area (TPSA) is 109 Å². The van der Waals surface area contributed by atoms with Crippen LogP contribution in [0.4, 0.5) is 4.39 Å². The van der Waals surface area contributed by atoms with Gasteiger partial charge in [-0.1, -0.05) is 6.92 Å². The molecule has 1 aromatic carbocycles. The molecule has 0 radical (unpaired) electrons. The summed E-state index contributed by atoms with van der Waals surface area (Å²) in [6, 6.07) is 3.26. The molecule has 0 aliphatic carbocycles. The number of fused-ring (bicyclic) bond motifs is 1. The highest BCUT2D eigenvalue weighted by Crippen LogP contribution is 2.42. The van der Waals surface area contributed by atoms with E-state index in [2.05, 4.69) is 4.98 Å². The number of halogens is 1. The lowest BCUT2D eigenvalue weighted by Gasteiger charge is -2.05. The maximum absolute atomic E-state index is 13.6. The number of hydrogen-bond acceptors (Lipinski definition) is 5. The summed E-state index contributed by atoms with van der Waals surface area (Å²) < 4.78 is 25.8. The molecular weight excluding hydrogens is 370 g/mol. The summed E-state index contributed by atoms with van der Waals surface area (Å²) in [5, 5.41) is 1.50. The first-order valence-corrected chi connectivity index (χ1v) is 9.57. The van der Waals surface area contributed by atoms with Gasteiger partial charge in [-0.05, 0) is 18.2 Å². The number of carbonyl (C=O) groups is 2. The Labute approximate surface area is 145 Å². The molecule has 2 aromatic heterocycles. The lowest BCUT2D eigenvalue weighted by atomic mass is 10.1. The third-order valence-electron chi connectivity index (χ3n) is 3.58. The predicted molar refractivity (Wildman–Crippen MR) is 89.5 cm³/mol. The summed E-state index contributed by atoms with van der Waals surface area (Å²) in [4.78, 5) is 47.2. The van der Waals surface area contributed by atoms with Crippen LogP contribution in [0.1, 0.15) is 39.2 Å². The third-order valence-corrected chi connectivity index (χ3v) is 5.31. The molecule has 2 heterocycles. The van der Waals surface area contributed by atoms with Crippen molar-refractivity contribution in [3.8, 4) is 0 Å². The standard InChI is InChI=1S/C15H12FN2O5PS/c1-2-13(19)11-7-25-15(17-11)14(20)10-6-18(24(21,22)23)12-4-3-8(16)5-9(10)12/h3-7H,2H2,1H3,(H2,21,22,23). The zero-order chi connectivity index (χ0) is 18.4. The Bertz CT molecular complexity index is 1050. The maximum Gasteiger partial charge on any atom is 0.434 e. The van der Waals surface area contributed by atoms with Crippen LogP contribution in [0, 0.1) is 5.82 Å². The molecule has 0 unspecified atom stereocenters. The van der Waals surface area contributed by atoms with E-state index < -0.39 is 19.3 Å². The van der Waals surface area contributed by atoms with Gasteiger partial charge in [-0.25, -0.2) is 13.9 Å². The van der Waals surface area contributed by atoms with Gasteiger partial charge in [0.15, 0.2) is 10.8 Å². The van der Waals surface area contributed by atoms with Gasteiger partial charge in [0.05, 0.1) is 11.1 Å². The van der Waals surface area contributed by atoms with Crippen LogP contribution in [0.25, 0.3) is 10.9 Å². The van der Waals surface area contributed by atoms with E-state index in [1.165, 1.54) is 11.4 Å². The molecular formula is C15H12FN2O5PS. The molecule has 7 nitrogen and oxygen atoms in total. The van der Waals surface area contributed by atoms with E-state index >= 15 is 0 Å². The van der Waals surface area contributed by atoms with Crippen molar-refractivity contribution in [3.05, 3.63) is 51.9 Å². The zero-order valence-corrected chi connectivity index (χ0v) is 14.6. The molecule has 0 saturated carbocycles. The molecule has 0 amide bonds. The van der Waals surface area contributed by atoms with E-state index in [-0.39, 0.29) is 39.4 Å². The Morgan fingerprint density at radius 2 is 2.08 bits per heavy atom. The highest BCUT2D eigenvalue weighted by atomic mass is 32.1. The van der Waals surface area contributed by atoms with Crippen molar-refractivity contribution in [2.45, 2.75) is 13.3 Å². The Balaban J connectivity index is 2.16. The van der Waals surface area contributed by atoms with E-state index in [0.29, 0.717) is 4.34 Å². The molecule has 2 N–H and O–H groups in total. The van der Waals surface area contributed by atoms with Crippen molar-refractivity contribution in [2.24, 2.45) is 0 Å². The fourth-order valence-corrected chi connectivity index (χ4v) is 3.88. The summed E-state index contributed by atoms with van der Waals surface area (Å²) in [5.41, 5.74) is 0.0860. The first-order chi connectivity index (χ1) is 11.7. The minimum atomic E-state index is -4.73. The molecule has 0 bridgehead atoms. The maximum atomic E-state index is 13.6. The van der Waals surface area contributed by atoms with Gasteiger partial charge in [-0.3, -0.25) is 13.9 Å². The van der Waals surface area contributed by atoms with Gasteiger partial charge in [0.2, 0.25) is 5.78 Å². The third kappa shape index (κ3) is 3.19. The second kappa shape index (κ2) is 6.27. The number of ketones is 2. The summed E-state index contributed by atoms with van der Waals surface area (Å²) >= 11 is 0.947. The Morgan fingerprint density at radius 3 is 2.72 bits per heavy atom. The van der Waals surface area contributed by atoms with Crippen LogP contribution >= 0.6 is 19.1 Å². The van der Waals surface area contributed by atoms with E-state index in [0.717, 1.165) is 29.7 Å². The van der Waals surface area contributed by atoms with Crippen molar-refractivity contribution in [1.82, 2.24) is 9.32 Å². The second-order valence-corrected chi connectivity index (χ2v) is 7.52. The Hall–Kier alpha value is -2.19. The molecule has 0 aliphatic heterocycles. The molecule has 0 saturated heterocycles. The van der Waals surface area contributed by atoms with Crippen molar-refractivity contribution in [1.29, 1.82) is 0 Å². The van der Waals surface area contributed by atoms with Crippen LogP contribution in [0.3, 0.4) is 0 Å². The zero-order valence-electron chi connectivity index (χ0n) is 12.8. The van der Waals surface area contributed by atoms with Crippen LogP contribution in [0.2, 0.25) is 0 Å². The molecule has 10 heteroatoms. The minimum absolute atomic E-state index is 0.00850. The smallest absolute Gasteiger partial charge is 0.308 e. The fourth-order valence-electron chi connectivity index (χ4n) is 2.38. The highest BCUT2D eigenvalue weighted by Gasteiger charge is 2.26. The average molecular weight is 382 g/mol. The number of carbonyl (C=O) groups excluding carboxylic acids is 2. The molecule has 0 fully saturated rings. The molecule has 3 rings (SSSR count). The average Bonchev–Trinajstić information content (AvgIpc) is 3.17. The number of nitrogens with zero attached hydrogens (tertiary/aromatic N) is 2. The number of Topliss-reactive ketones (excluding diaryl/α,β-unsaturated/α-hetero) is 1. The number of benzene rings is 1. The van der Waals surface area contributed by atoms with Crippen LogP contribution in [0.5, 0.6) is 0 Å². The van der Waals surface area contributed by atoms with Crippen LogP contribution in [-0.4, -0.2) is 30.7 Å². The SMILES string of the molecule is CCC(=O)c1csc(C(=O)c2cn(P(=O)(O)O)c3ccc(F)cc23)n1. The largest absolute Gasteiger partial charge is 0.434 e. The predicted octanol–water partition coefficient (Wildman–Crippen LogP) is 3.00. The quantitative estimate of drug-likeness (QED) is 0.519. The van der Waals surface area contributed by atoms with Crippen LogP contribution in [-0.2, 0) is 4.57 Å². The van der Waals surface area contributed by atoms with E-state index in [4.69, 9.17) is 0 Å². The highest BCUT2D eigenvalue weighted by molar-refractivity contribution is 7.50. The van der Waals surface area contributed by atoms with Gasteiger partial charge in [-0.2, -0.15) is 0 Å².